The standard InChI is InChI=1S/C11H18F3NO3/c1-9(2,3)18-8(17)10(4,5)6-15-7(16)11(12,13)14/h6H2,1-5H3,(H,15,16). The van der Waals surface area contributed by atoms with E-state index in [1.807, 2.05) is 0 Å². The normalized spacial score (nSPS) is 13.1. The minimum absolute atomic E-state index is 0.444. The number of rotatable bonds is 3. The smallest absolute Gasteiger partial charge is 0.460 e. The summed E-state index contributed by atoms with van der Waals surface area (Å²) >= 11 is 0. The van der Waals surface area contributed by atoms with E-state index >= 15 is 0 Å². The number of carbonyl (C=O) groups excluding carboxylic acids is 2. The number of amides is 1. The molecule has 0 aliphatic heterocycles. The van der Waals surface area contributed by atoms with Gasteiger partial charge in [-0.15, -0.1) is 0 Å². The minimum Gasteiger partial charge on any atom is -0.460 e. The first-order valence-corrected chi connectivity index (χ1v) is 5.34. The van der Waals surface area contributed by atoms with E-state index in [2.05, 4.69) is 0 Å². The van der Waals surface area contributed by atoms with Crippen LogP contribution in [0.5, 0.6) is 0 Å². The van der Waals surface area contributed by atoms with Crippen LogP contribution in [0.15, 0.2) is 0 Å². The lowest BCUT2D eigenvalue weighted by molar-refractivity contribution is -0.175. The Morgan fingerprint density at radius 1 is 1.06 bits per heavy atom. The number of ether oxygens (including phenoxy) is 1. The molecule has 7 heteroatoms. The molecule has 0 heterocycles. The van der Waals surface area contributed by atoms with Gasteiger partial charge >= 0.3 is 18.1 Å². The van der Waals surface area contributed by atoms with E-state index in [4.69, 9.17) is 4.74 Å². The highest BCUT2D eigenvalue weighted by molar-refractivity contribution is 5.83. The van der Waals surface area contributed by atoms with Crippen LogP contribution in [0.25, 0.3) is 0 Å². The van der Waals surface area contributed by atoms with E-state index in [1.165, 1.54) is 13.8 Å². The van der Waals surface area contributed by atoms with Crippen molar-refractivity contribution >= 4 is 11.9 Å². The highest BCUT2D eigenvalue weighted by Gasteiger charge is 2.41. The van der Waals surface area contributed by atoms with Gasteiger partial charge in [0, 0.05) is 6.54 Å². The molecule has 0 saturated carbocycles. The predicted octanol–water partition coefficient (Wildman–Crippen LogP) is 2.03. The van der Waals surface area contributed by atoms with Crippen LogP contribution >= 0.6 is 0 Å². The van der Waals surface area contributed by atoms with Crippen LogP contribution in [0.4, 0.5) is 13.2 Å². The van der Waals surface area contributed by atoms with Crippen LogP contribution in [0, 0.1) is 5.41 Å². The Labute approximate surface area is 104 Å². The molecule has 0 aliphatic carbocycles. The maximum atomic E-state index is 12.0. The fourth-order valence-electron chi connectivity index (χ4n) is 0.890. The third-order valence-electron chi connectivity index (χ3n) is 1.90. The van der Waals surface area contributed by atoms with Crippen LogP contribution in [0.3, 0.4) is 0 Å². The van der Waals surface area contributed by atoms with Crippen LogP contribution in [-0.4, -0.2) is 30.2 Å². The van der Waals surface area contributed by atoms with Crippen molar-refractivity contribution in [3.8, 4) is 0 Å². The number of carbonyl (C=O) groups is 2. The number of esters is 1. The average Bonchev–Trinajstić information content (AvgIpc) is 2.09. The van der Waals surface area contributed by atoms with Crippen molar-refractivity contribution in [3.63, 3.8) is 0 Å². The van der Waals surface area contributed by atoms with Gasteiger partial charge in [-0.3, -0.25) is 9.59 Å². The summed E-state index contributed by atoms with van der Waals surface area (Å²) in [5, 5.41) is 1.66. The fourth-order valence-corrected chi connectivity index (χ4v) is 0.890. The first-order valence-electron chi connectivity index (χ1n) is 5.34. The molecule has 0 saturated heterocycles. The number of halogens is 3. The van der Waals surface area contributed by atoms with Gasteiger partial charge in [-0.1, -0.05) is 0 Å². The number of hydrogen-bond acceptors (Lipinski definition) is 3. The number of nitrogens with one attached hydrogen (secondary N) is 1. The van der Waals surface area contributed by atoms with E-state index in [9.17, 15) is 22.8 Å². The molecule has 0 aromatic rings. The Balaban J connectivity index is 4.49. The van der Waals surface area contributed by atoms with E-state index in [-0.39, 0.29) is 0 Å². The van der Waals surface area contributed by atoms with Crippen molar-refractivity contribution in [1.29, 1.82) is 0 Å². The molecule has 1 amide bonds. The molecule has 0 unspecified atom stereocenters. The van der Waals surface area contributed by atoms with Crippen molar-refractivity contribution in [2.45, 2.75) is 46.4 Å². The van der Waals surface area contributed by atoms with Gasteiger partial charge in [-0.25, -0.2) is 0 Å². The maximum Gasteiger partial charge on any atom is 0.471 e. The van der Waals surface area contributed by atoms with Crippen molar-refractivity contribution < 1.29 is 27.5 Å². The Morgan fingerprint density at radius 3 is 1.83 bits per heavy atom. The molecule has 0 aromatic heterocycles. The largest absolute Gasteiger partial charge is 0.471 e. The molecule has 0 atom stereocenters. The fraction of sp³-hybridized carbons (Fsp3) is 0.818. The van der Waals surface area contributed by atoms with Gasteiger partial charge < -0.3 is 10.1 Å². The molecule has 0 bridgehead atoms. The summed E-state index contributed by atoms with van der Waals surface area (Å²) in [5.74, 6) is -2.74. The second-order valence-corrected chi connectivity index (χ2v) is 5.57. The number of hydrogen-bond donors (Lipinski definition) is 1. The number of alkyl halides is 3. The molecule has 106 valence electrons. The minimum atomic E-state index is -4.95. The Bertz CT molecular complexity index is 329. The first kappa shape index (κ1) is 16.7. The first-order chi connectivity index (χ1) is 7.76. The van der Waals surface area contributed by atoms with Crippen LogP contribution in [0.1, 0.15) is 34.6 Å². The zero-order valence-corrected chi connectivity index (χ0v) is 11.1. The van der Waals surface area contributed by atoms with Crippen LogP contribution in [-0.2, 0) is 14.3 Å². The summed E-state index contributed by atoms with van der Waals surface area (Å²) in [7, 11) is 0. The molecule has 1 N–H and O–H groups in total. The van der Waals surface area contributed by atoms with E-state index in [1.54, 1.807) is 26.1 Å². The van der Waals surface area contributed by atoms with Gasteiger partial charge in [0.05, 0.1) is 5.41 Å². The van der Waals surface area contributed by atoms with Crippen LogP contribution < -0.4 is 5.32 Å². The zero-order chi connectivity index (χ0) is 14.8. The van der Waals surface area contributed by atoms with E-state index in [0.717, 1.165) is 0 Å². The Morgan fingerprint density at radius 2 is 1.50 bits per heavy atom. The van der Waals surface area contributed by atoms with Gasteiger partial charge in [0.25, 0.3) is 0 Å². The summed E-state index contributed by atoms with van der Waals surface area (Å²) in [4.78, 5) is 22.3. The topological polar surface area (TPSA) is 55.4 Å². The molecule has 0 aromatic carbocycles. The third kappa shape index (κ3) is 5.88. The Kier molecular flexibility index (Phi) is 4.79. The van der Waals surface area contributed by atoms with Gasteiger partial charge in [0.2, 0.25) is 0 Å². The maximum absolute atomic E-state index is 12.0. The van der Waals surface area contributed by atoms with Crippen molar-refractivity contribution in [2.24, 2.45) is 5.41 Å². The lowest BCUT2D eigenvalue weighted by atomic mass is 9.93. The lowest BCUT2D eigenvalue weighted by Gasteiger charge is -2.28. The molecule has 4 nitrogen and oxygen atoms in total. The SMILES string of the molecule is CC(C)(C)OC(=O)C(C)(C)CNC(=O)C(F)(F)F. The van der Waals surface area contributed by atoms with Crippen molar-refractivity contribution in [2.75, 3.05) is 6.54 Å². The van der Waals surface area contributed by atoms with Crippen molar-refractivity contribution in [3.05, 3.63) is 0 Å². The highest BCUT2D eigenvalue weighted by Crippen LogP contribution is 2.21. The third-order valence-corrected chi connectivity index (χ3v) is 1.90. The van der Waals surface area contributed by atoms with E-state index in [0.29, 0.717) is 0 Å². The van der Waals surface area contributed by atoms with Gasteiger partial charge in [-0.2, -0.15) is 13.2 Å². The van der Waals surface area contributed by atoms with Gasteiger partial charge in [0.1, 0.15) is 5.60 Å². The van der Waals surface area contributed by atoms with Gasteiger partial charge in [-0.05, 0) is 34.6 Å². The molecular weight excluding hydrogens is 251 g/mol. The summed E-state index contributed by atoms with van der Waals surface area (Å²) in [6.45, 7) is 7.30. The second kappa shape index (κ2) is 5.16. The molecule has 0 spiro atoms. The molecular formula is C11H18F3NO3. The summed E-state index contributed by atoms with van der Waals surface area (Å²) in [6, 6.07) is 0. The second-order valence-electron chi connectivity index (χ2n) is 5.57. The lowest BCUT2D eigenvalue weighted by Crippen LogP contribution is -2.46. The zero-order valence-electron chi connectivity index (χ0n) is 11.1. The predicted molar refractivity (Wildman–Crippen MR) is 58.7 cm³/mol. The monoisotopic (exact) mass is 269 g/mol. The van der Waals surface area contributed by atoms with Gasteiger partial charge in [0.15, 0.2) is 0 Å². The van der Waals surface area contributed by atoms with E-state index < -0.39 is 35.6 Å². The molecule has 18 heavy (non-hydrogen) atoms. The quantitative estimate of drug-likeness (QED) is 0.798. The summed E-state index contributed by atoms with van der Waals surface area (Å²) in [5.41, 5.74) is -1.96. The van der Waals surface area contributed by atoms with Crippen molar-refractivity contribution in [1.82, 2.24) is 5.32 Å². The van der Waals surface area contributed by atoms with Crippen LogP contribution in [0.2, 0.25) is 0 Å². The molecule has 0 aliphatic rings. The molecule has 0 fully saturated rings. The highest BCUT2D eigenvalue weighted by atomic mass is 19.4. The molecule has 0 radical (unpaired) electrons. The Hall–Kier alpha value is -1.27. The summed E-state index contributed by atoms with van der Waals surface area (Å²) < 4.78 is 41.0. The summed E-state index contributed by atoms with van der Waals surface area (Å²) in [6.07, 6.45) is -4.95. The average molecular weight is 269 g/mol. The molecule has 0 rings (SSSR count).